The lowest BCUT2D eigenvalue weighted by Crippen LogP contribution is -2.39. The number of imidazole rings is 1. The molecule has 14 heteroatoms. The van der Waals surface area contributed by atoms with Gasteiger partial charge in [-0.25, -0.2) is 14.6 Å². The topological polar surface area (TPSA) is 165 Å². The monoisotopic (exact) mass is 795 g/mol. The number of carbonyl (C=O) groups is 2. The number of H-pyrrole nitrogens is 1. The van der Waals surface area contributed by atoms with Crippen LogP contribution in [0.5, 0.6) is 5.75 Å². The molecule has 300 valence electrons. The molecule has 0 aliphatic rings. The highest BCUT2D eigenvalue weighted by Gasteiger charge is 2.37. The van der Waals surface area contributed by atoms with E-state index in [2.05, 4.69) is 15.3 Å². The fourth-order valence-corrected chi connectivity index (χ4v) is 6.39. The third-order valence-corrected chi connectivity index (χ3v) is 9.34. The van der Waals surface area contributed by atoms with Crippen LogP contribution in [-0.4, -0.2) is 58.3 Å². The number of fused-ring (bicyclic) bond motifs is 1. The van der Waals surface area contributed by atoms with E-state index in [9.17, 15) is 14.4 Å². The van der Waals surface area contributed by atoms with Crippen LogP contribution in [0.2, 0.25) is 0 Å². The van der Waals surface area contributed by atoms with Gasteiger partial charge in [0.25, 0.3) is 5.56 Å². The summed E-state index contributed by atoms with van der Waals surface area (Å²) in [6.45, 7) is -0.904. The van der Waals surface area contributed by atoms with Gasteiger partial charge in [0.15, 0.2) is 11.2 Å². The normalized spacial score (nSPS) is 11.2. The van der Waals surface area contributed by atoms with Crippen molar-refractivity contribution in [1.82, 2.24) is 19.5 Å². The van der Waals surface area contributed by atoms with Gasteiger partial charge in [0.2, 0.25) is 5.95 Å². The number of aromatic amines is 1. The number of benzene rings is 5. The van der Waals surface area contributed by atoms with E-state index in [0.717, 1.165) is 27.8 Å². The number of hydrogen-bond donors (Lipinski definition) is 2. The minimum atomic E-state index is -1.04. The number of rotatable bonds is 17. The van der Waals surface area contributed by atoms with Crippen LogP contribution in [-0.2, 0) is 49.2 Å². The Morgan fingerprint density at radius 1 is 0.678 bits per heavy atom. The fourth-order valence-electron chi connectivity index (χ4n) is 6.39. The summed E-state index contributed by atoms with van der Waals surface area (Å²) < 4.78 is 34.3. The molecule has 0 aliphatic heterocycles. The van der Waals surface area contributed by atoms with Crippen molar-refractivity contribution in [2.24, 2.45) is 0 Å². The molecule has 59 heavy (non-hydrogen) atoms. The lowest BCUT2D eigenvalue weighted by molar-refractivity contribution is -0.0723. The standard InChI is InChI=1S/C45H41N5O9/c1-54-37-24-22-36(23-25-37)45(34-18-10-4-11-19-34,35-20-12-5-13-21-35)49-42-47-40-39(41(51)48-42)46-30-50(40)31-59-38(28-57-43(52)55-26-32-14-6-2-7-15-32)29-58-44(53)56-27-33-16-8-3-9-17-33/h2-25,30,38H,26-29,31H2,1H3,(H2,47,48,49,51). The molecule has 0 radical (unpaired) electrons. The van der Waals surface area contributed by atoms with E-state index >= 15 is 0 Å². The van der Waals surface area contributed by atoms with E-state index in [-0.39, 0.29) is 50.3 Å². The largest absolute Gasteiger partial charge is 0.508 e. The SMILES string of the molecule is COc1ccc(C(Nc2nc3c(ncn3COC(COC(=O)OCc3ccccc3)COC(=O)OCc3ccccc3)c(=O)[nH]2)(c2ccccc2)c2ccccc2)cc1. The Balaban J connectivity index is 1.13. The Hall–Kier alpha value is -7.45. The Morgan fingerprint density at radius 3 is 1.68 bits per heavy atom. The highest BCUT2D eigenvalue weighted by Crippen LogP contribution is 2.40. The van der Waals surface area contributed by atoms with E-state index in [0.29, 0.717) is 5.75 Å². The molecule has 0 amide bonds. The van der Waals surface area contributed by atoms with E-state index < -0.39 is 29.5 Å². The maximum atomic E-state index is 13.6. The maximum Gasteiger partial charge on any atom is 0.508 e. The van der Waals surface area contributed by atoms with Crippen molar-refractivity contribution in [2.45, 2.75) is 31.6 Å². The van der Waals surface area contributed by atoms with Crippen molar-refractivity contribution in [3.8, 4) is 5.75 Å². The second-order valence-corrected chi connectivity index (χ2v) is 13.2. The van der Waals surface area contributed by atoms with E-state index in [1.807, 2.05) is 146 Å². The van der Waals surface area contributed by atoms with Gasteiger partial charge in [0, 0.05) is 0 Å². The van der Waals surface area contributed by atoms with Crippen LogP contribution in [0.15, 0.2) is 157 Å². The first-order chi connectivity index (χ1) is 28.9. The average Bonchev–Trinajstić information content (AvgIpc) is 3.71. The van der Waals surface area contributed by atoms with Crippen LogP contribution in [0.4, 0.5) is 15.5 Å². The van der Waals surface area contributed by atoms with Gasteiger partial charge in [0.05, 0.1) is 13.4 Å². The molecular formula is C45H41N5O9. The lowest BCUT2D eigenvalue weighted by atomic mass is 9.77. The van der Waals surface area contributed by atoms with Gasteiger partial charge in [-0.1, -0.05) is 133 Å². The summed E-state index contributed by atoms with van der Waals surface area (Å²) in [5.74, 6) is 0.834. The second-order valence-electron chi connectivity index (χ2n) is 13.2. The van der Waals surface area contributed by atoms with Crippen LogP contribution in [0, 0.1) is 0 Å². The molecule has 14 nitrogen and oxygen atoms in total. The van der Waals surface area contributed by atoms with E-state index in [4.69, 9.17) is 33.4 Å². The molecule has 5 aromatic carbocycles. The van der Waals surface area contributed by atoms with Gasteiger partial charge in [-0.2, -0.15) is 4.98 Å². The van der Waals surface area contributed by atoms with Crippen LogP contribution >= 0.6 is 0 Å². The first kappa shape index (κ1) is 39.8. The first-order valence-corrected chi connectivity index (χ1v) is 18.7. The first-order valence-electron chi connectivity index (χ1n) is 18.7. The predicted molar refractivity (Wildman–Crippen MR) is 218 cm³/mol. The number of nitrogens with zero attached hydrogens (tertiary/aromatic N) is 3. The molecule has 0 unspecified atom stereocenters. The van der Waals surface area contributed by atoms with Gasteiger partial charge in [-0.15, -0.1) is 0 Å². The van der Waals surface area contributed by atoms with Crippen LogP contribution in [0.3, 0.4) is 0 Å². The summed E-state index contributed by atoms with van der Waals surface area (Å²) in [6, 6.07) is 45.6. The third-order valence-electron chi connectivity index (χ3n) is 9.34. The predicted octanol–water partition coefficient (Wildman–Crippen LogP) is 7.58. The smallest absolute Gasteiger partial charge is 0.497 e. The zero-order chi connectivity index (χ0) is 40.9. The molecule has 7 rings (SSSR count). The summed E-state index contributed by atoms with van der Waals surface area (Å²) in [7, 11) is 1.61. The lowest BCUT2D eigenvalue weighted by Gasteiger charge is -2.37. The number of methoxy groups -OCH3 is 1. The molecule has 2 heterocycles. The van der Waals surface area contributed by atoms with Gasteiger partial charge in [0.1, 0.15) is 50.6 Å². The molecule has 0 fully saturated rings. The van der Waals surface area contributed by atoms with Crippen LogP contribution in [0.25, 0.3) is 11.2 Å². The van der Waals surface area contributed by atoms with Crippen molar-refractivity contribution < 1.29 is 38.0 Å². The van der Waals surface area contributed by atoms with Gasteiger partial charge < -0.3 is 33.7 Å². The average molecular weight is 796 g/mol. The van der Waals surface area contributed by atoms with Gasteiger partial charge in [-0.05, 0) is 39.9 Å². The Labute approximate surface area is 339 Å². The van der Waals surface area contributed by atoms with Gasteiger partial charge in [-0.3, -0.25) is 14.3 Å². The van der Waals surface area contributed by atoms with Crippen molar-refractivity contribution in [2.75, 3.05) is 25.6 Å². The number of aromatic nitrogens is 4. The minimum absolute atomic E-state index is 0.000580. The Bertz CT molecular complexity index is 2380. The minimum Gasteiger partial charge on any atom is -0.497 e. The number of nitrogens with one attached hydrogen (secondary N) is 2. The van der Waals surface area contributed by atoms with Crippen molar-refractivity contribution in [1.29, 1.82) is 0 Å². The molecule has 0 saturated heterocycles. The molecule has 0 saturated carbocycles. The summed E-state index contributed by atoms with van der Waals surface area (Å²) in [5.41, 5.74) is 2.89. The number of hydrogen-bond acceptors (Lipinski definition) is 12. The maximum absolute atomic E-state index is 13.6. The molecule has 2 N–H and O–H groups in total. The summed E-state index contributed by atoms with van der Waals surface area (Å²) in [6.07, 6.45) is -1.46. The Morgan fingerprint density at radius 2 is 1.17 bits per heavy atom. The molecular weight excluding hydrogens is 755 g/mol. The zero-order valence-electron chi connectivity index (χ0n) is 32.1. The quantitative estimate of drug-likeness (QED) is 0.0687. The number of anilines is 1. The van der Waals surface area contributed by atoms with Crippen molar-refractivity contribution in [3.05, 3.63) is 190 Å². The Kier molecular flexibility index (Phi) is 12.9. The highest BCUT2D eigenvalue weighted by atomic mass is 16.7. The van der Waals surface area contributed by atoms with E-state index in [1.54, 1.807) is 7.11 Å². The highest BCUT2D eigenvalue weighted by molar-refractivity contribution is 5.71. The van der Waals surface area contributed by atoms with Crippen LogP contribution < -0.4 is 15.6 Å². The van der Waals surface area contributed by atoms with Crippen LogP contribution in [0.1, 0.15) is 27.8 Å². The molecule has 0 atom stereocenters. The van der Waals surface area contributed by atoms with Crippen molar-refractivity contribution in [3.63, 3.8) is 0 Å². The molecule has 0 aliphatic carbocycles. The van der Waals surface area contributed by atoms with Gasteiger partial charge >= 0.3 is 12.3 Å². The van der Waals surface area contributed by atoms with Crippen molar-refractivity contribution >= 4 is 29.4 Å². The summed E-state index contributed by atoms with van der Waals surface area (Å²) in [5, 5.41) is 3.57. The van der Waals surface area contributed by atoms with E-state index in [1.165, 1.54) is 10.9 Å². The molecule has 0 spiro atoms. The number of ether oxygens (including phenoxy) is 6. The molecule has 7 aromatic rings. The molecule has 2 aromatic heterocycles. The number of carbonyl (C=O) groups excluding carboxylic acids is 2. The third kappa shape index (κ3) is 9.93. The summed E-state index contributed by atoms with van der Waals surface area (Å²) in [4.78, 5) is 50.7. The molecule has 0 bridgehead atoms. The fraction of sp³-hybridized carbons (Fsp3) is 0.178. The zero-order valence-corrected chi connectivity index (χ0v) is 32.1. The summed E-state index contributed by atoms with van der Waals surface area (Å²) >= 11 is 0. The second kappa shape index (κ2) is 19.1.